The number of rotatable bonds is 8. The fourth-order valence-electron chi connectivity index (χ4n) is 2.14. The number of carbonyl (C=O) groups is 1. The minimum Gasteiger partial charge on any atom is -0.463 e. The fraction of sp³-hybridized carbons (Fsp3) is 0.471. The highest BCUT2D eigenvalue weighted by molar-refractivity contribution is 5.87. The summed E-state index contributed by atoms with van der Waals surface area (Å²) in [6, 6.07) is 4.46. The van der Waals surface area contributed by atoms with Gasteiger partial charge in [-0.3, -0.25) is 0 Å². The van der Waals surface area contributed by atoms with E-state index in [-0.39, 0.29) is 18.0 Å². The maximum absolute atomic E-state index is 13.6. The van der Waals surface area contributed by atoms with E-state index in [1.54, 1.807) is 19.1 Å². The first-order valence-electron chi connectivity index (χ1n) is 7.51. The molecule has 1 fully saturated rings. The normalized spacial score (nSPS) is 18.4. The number of ether oxygens (including phenoxy) is 3. The van der Waals surface area contributed by atoms with E-state index in [9.17, 15) is 9.18 Å². The molecule has 0 aromatic heterocycles. The summed E-state index contributed by atoms with van der Waals surface area (Å²) in [5, 5.41) is 0. The molecule has 2 atom stereocenters. The lowest BCUT2D eigenvalue weighted by Gasteiger charge is -2.18. The Bertz CT molecular complexity index is 537. The predicted molar refractivity (Wildman–Crippen MR) is 80.8 cm³/mol. The first-order chi connectivity index (χ1) is 10.6. The molecule has 0 unspecified atom stereocenters. The van der Waals surface area contributed by atoms with E-state index >= 15 is 0 Å². The lowest BCUT2D eigenvalue weighted by Crippen LogP contribution is -2.10. The minimum atomic E-state index is -0.418. The van der Waals surface area contributed by atoms with E-state index in [2.05, 4.69) is 0 Å². The summed E-state index contributed by atoms with van der Waals surface area (Å²) in [4.78, 5) is 11.4. The lowest BCUT2D eigenvalue weighted by molar-refractivity contribution is -0.137. The van der Waals surface area contributed by atoms with Gasteiger partial charge in [0.1, 0.15) is 11.9 Å². The molecule has 0 saturated carbocycles. The van der Waals surface area contributed by atoms with Gasteiger partial charge in [-0.05, 0) is 42.7 Å². The van der Waals surface area contributed by atoms with Crippen molar-refractivity contribution < 1.29 is 23.4 Å². The van der Waals surface area contributed by atoms with Crippen LogP contribution in [0.1, 0.15) is 37.5 Å². The molecule has 22 heavy (non-hydrogen) atoms. The number of carbonyl (C=O) groups excluding carboxylic acids is 1. The quantitative estimate of drug-likeness (QED) is 0.420. The Kier molecular flexibility index (Phi) is 6.10. The average molecular weight is 308 g/mol. The van der Waals surface area contributed by atoms with E-state index in [0.29, 0.717) is 19.6 Å². The van der Waals surface area contributed by atoms with Gasteiger partial charge in [-0.1, -0.05) is 13.0 Å². The third kappa shape index (κ3) is 4.93. The van der Waals surface area contributed by atoms with Crippen molar-refractivity contribution in [3.8, 4) is 0 Å². The van der Waals surface area contributed by atoms with Crippen LogP contribution in [-0.2, 0) is 19.0 Å². The molecule has 1 aliphatic rings. The molecule has 1 heterocycles. The molecule has 120 valence electrons. The first-order valence-corrected chi connectivity index (χ1v) is 7.51. The zero-order valence-corrected chi connectivity index (χ0v) is 12.9. The van der Waals surface area contributed by atoms with Gasteiger partial charge in [-0.2, -0.15) is 0 Å². The molecule has 1 aromatic rings. The second-order valence-corrected chi connectivity index (χ2v) is 5.04. The molecule has 0 radical (unpaired) electrons. The molecule has 4 nitrogen and oxygen atoms in total. The number of hydrogen-bond donors (Lipinski definition) is 0. The Morgan fingerprint density at radius 2 is 2.27 bits per heavy atom. The van der Waals surface area contributed by atoms with Crippen LogP contribution >= 0.6 is 0 Å². The molecule has 0 bridgehead atoms. The van der Waals surface area contributed by atoms with Crippen LogP contribution in [-0.4, -0.2) is 31.9 Å². The zero-order chi connectivity index (χ0) is 15.9. The maximum Gasteiger partial charge on any atom is 0.330 e. The number of halogens is 1. The molecule has 1 aromatic carbocycles. The lowest BCUT2D eigenvalue weighted by atomic mass is 9.99. The van der Waals surface area contributed by atoms with Crippen LogP contribution in [0.5, 0.6) is 0 Å². The topological polar surface area (TPSA) is 48.1 Å². The van der Waals surface area contributed by atoms with Crippen LogP contribution in [0.25, 0.3) is 6.08 Å². The van der Waals surface area contributed by atoms with Crippen molar-refractivity contribution in [3.63, 3.8) is 0 Å². The van der Waals surface area contributed by atoms with Crippen LogP contribution in [0.4, 0.5) is 4.39 Å². The van der Waals surface area contributed by atoms with Crippen LogP contribution in [0, 0.1) is 5.82 Å². The summed E-state index contributed by atoms with van der Waals surface area (Å²) in [5.74, 6) is -0.744. The average Bonchev–Trinajstić information content (AvgIpc) is 3.31. The fourth-order valence-corrected chi connectivity index (χ4v) is 2.14. The number of benzene rings is 1. The smallest absolute Gasteiger partial charge is 0.330 e. The van der Waals surface area contributed by atoms with Gasteiger partial charge in [0.05, 0.1) is 25.9 Å². The molecule has 0 spiro atoms. The monoisotopic (exact) mass is 308 g/mol. The van der Waals surface area contributed by atoms with Crippen molar-refractivity contribution in [2.45, 2.75) is 32.5 Å². The van der Waals surface area contributed by atoms with Crippen molar-refractivity contribution in [1.29, 1.82) is 0 Å². The summed E-state index contributed by atoms with van der Waals surface area (Å²) in [7, 11) is 0. The van der Waals surface area contributed by atoms with Gasteiger partial charge in [-0.25, -0.2) is 9.18 Å². The van der Waals surface area contributed by atoms with Crippen LogP contribution in [0.15, 0.2) is 24.3 Å². The van der Waals surface area contributed by atoms with Crippen LogP contribution in [0.2, 0.25) is 0 Å². The summed E-state index contributed by atoms with van der Waals surface area (Å²) < 4.78 is 29.4. The Balaban J connectivity index is 2.15. The minimum absolute atomic E-state index is 0.154. The molecule has 1 saturated heterocycles. The van der Waals surface area contributed by atoms with E-state index in [0.717, 1.165) is 17.7 Å². The number of hydrogen-bond acceptors (Lipinski definition) is 4. The van der Waals surface area contributed by atoms with Gasteiger partial charge in [0.25, 0.3) is 0 Å². The number of epoxide rings is 1. The van der Waals surface area contributed by atoms with Gasteiger partial charge in [0.2, 0.25) is 0 Å². The van der Waals surface area contributed by atoms with Crippen molar-refractivity contribution >= 4 is 12.0 Å². The molecule has 1 aliphatic heterocycles. The van der Waals surface area contributed by atoms with E-state index < -0.39 is 5.97 Å². The van der Waals surface area contributed by atoms with E-state index in [1.165, 1.54) is 18.2 Å². The molecule has 0 N–H and O–H groups in total. The van der Waals surface area contributed by atoms with Gasteiger partial charge in [0.15, 0.2) is 0 Å². The molecule has 2 rings (SSSR count). The van der Waals surface area contributed by atoms with E-state index in [4.69, 9.17) is 14.2 Å². The predicted octanol–water partition coefficient (Wildman–Crippen LogP) is 3.27. The SMILES string of the molecule is CCOC(=O)/C=C/c1ccc(F)cc1[C@@H](CC)OC[C@H]1CO1. The van der Waals surface area contributed by atoms with Gasteiger partial charge in [0, 0.05) is 6.08 Å². The van der Waals surface area contributed by atoms with Crippen LogP contribution in [0.3, 0.4) is 0 Å². The highest BCUT2D eigenvalue weighted by atomic mass is 19.1. The molecule has 0 aliphatic carbocycles. The zero-order valence-electron chi connectivity index (χ0n) is 12.9. The second-order valence-electron chi connectivity index (χ2n) is 5.04. The van der Waals surface area contributed by atoms with Crippen LogP contribution < -0.4 is 0 Å². The third-order valence-corrected chi connectivity index (χ3v) is 3.34. The summed E-state index contributed by atoms with van der Waals surface area (Å²) in [5.41, 5.74) is 1.47. The standard InChI is InChI=1S/C17H21FO4/c1-3-16(22-11-14-10-21-14)15-9-13(18)7-5-12(15)6-8-17(19)20-4-2/h5-9,14,16H,3-4,10-11H2,1-2H3/b8-6+/t14-,16-/m1/s1. The maximum atomic E-state index is 13.6. The summed E-state index contributed by atoms with van der Waals surface area (Å²) in [6.07, 6.45) is 3.60. The Hall–Kier alpha value is -1.72. The van der Waals surface area contributed by atoms with Gasteiger partial charge < -0.3 is 14.2 Å². The van der Waals surface area contributed by atoms with Crippen molar-refractivity contribution in [2.75, 3.05) is 19.8 Å². The first kappa shape index (κ1) is 16.6. The molecular weight excluding hydrogens is 287 g/mol. The van der Waals surface area contributed by atoms with E-state index in [1.807, 2.05) is 6.92 Å². The number of esters is 1. The molecule has 5 heteroatoms. The summed E-state index contributed by atoms with van der Waals surface area (Å²) >= 11 is 0. The third-order valence-electron chi connectivity index (χ3n) is 3.34. The Morgan fingerprint density at radius 3 is 2.91 bits per heavy atom. The van der Waals surface area contributed by atoms with Gasteiger partial charge in [-0.15, -0.1) is 0 Å². The Labute approximate surface area is 129 Å². The van der Waals surface area contributed by atoms with Crippen molar-refractivity contribution in [1.82, 2.24) is 0 Å². The van der Waals surface area contributed by atoms with Crippen molar-refractivity contribution in [2.24, 2.45) is 0 Å². The second kappa shape index (κ2) is 8.06. The molecular formula is C17H21FO4. The largest absolute Gasteiger partial charge is 0.463 e. The Morgan fingerprint density at radius 1 is 1.50 bits per heavy atom. The van der Waals surface area contributed by atoms with Crippen molar-refractivity contribution in [3.05, 3.63) is 41.2 Å². The highest BCUT2D eigenvalue weighted by Gasteiger charge is 2.25. The molecule has 0 amide bonds. The highest BCUT2D eigenvalue weighted by Crippen LogP contribution is 2.28. The summed E-state index contributed by atoms with van der Waals surface area (Å²) in [6.45, 7) is 5.25. The van der Waals surface area contributed by atoms with Gasteiger partial charge >= 0.3 is 5.97 Å².